The molecule has 0 saturated heterocycles. The minimum absolute atomic E-state index is 0.288. The predicted molar refractivity (Wildman–Crippen MR) is 78.2 cm³/mol. The molecule has 2 nitrogen and oxygen atoms in total. The Morgan fingerprint density at radius 3 is 2.74 bits per heavy atom. The highest BCUT2D eigenvalue weighted by Gasteiger charge is 2.10. The van der Waals surface area contributed by atoms with Gasteiger partial charge in [-0.2, -0.15) is 0 Å². The van der Waals surface area contributed by atoms with Gasteiger partial charge in [0.2, 0.25) is 0 Å². The lowest BCUT2D eigenvalue weighted by atomic mass is 10.1. The molecule has 0 heterocycles. The smallest absolute Gasteiger partial charge is 0.255 e. The first-order valence-electron chi connectivity index (χ1n) is 5.50. The minimum Gasteiger partial charge on any atom is -0.322 e. The summed E-state index contributed by atoms with van der Waals surface area (Å²) in [6.45, 7) is 1.73. The van der Waals surface area contributed by atoms with Crippen LogP contribution in [0.1, 0.15) is 15.9 Å². The Hall–Kier alpha value is -1.39. The van der Waals surface area contributed by atoms with E-state index in [1.807, 2.05) is 0 Å². The van der Waals surface area contributed by atoms with E-state index in [4.69, 9.17) is 11.6 Å². The summed E-state index contributed by atoms with van der Waals surface area (Å²) in [5, 5.41) is 3.22. The van der Waals surface area contributed by atoms with Crippen molar-refractivity contribution in [1.29, 1.82) is 0 Å². The van der Waals surface area contributed by atoms with Gasteiger partial charge in [-0.1, -0.05) is 17.7 Å². The zero-order chi connectivity index (χ0) is 14.0. The van der Waals surface area contributed by atoms with E-state index in [-0.39, 0.29) is 11.7 Å². The number of hydrogen-bond donors (Lipinski definition) is 1. The molecule has 0 aliphatic rings. The molecule has 5 heteroatoms. The summed E-state index contributed by atoms with van der Waals surface area (Å²) >= 11 is 8.92. The maximum Gasteiger partial charge on any atom is 0.255 e. The van der Waals surface area contributed by atoms with E-state index in [1.54, 1.807) is 31.2 Å². The van der Waals surface area contributed by atoms with Crippen LogP contribution in [0.15, 0.2) is 40.9 Å². The summed E-state index contributed by atoms with van der Waals surface area (Å²) in [4.78, 5) is 12.0. The number of anilines is 1. The van der Waals surface area contributed by atoms with Crippen LogP contribution in [0.3, 0.4) is 0 Å². The molecule has 2 aromatic rings. The molecule has 98 valence electrons. The lowest BCUT2D eigenvalue weighted by Crippen LogP contribution is -2.12. The Bertz CT molecular complexity index is 645. The lowest BCUT2D eigenvalue weighted by Gasteiger charge is -2.09. The van der Waals surface area contributed by atoms with Crippen LogP contribution in [0.25, 0.3) is 0 Å². The van der Waals surface area contributed by atoms with E-state index in [1.165, 1.54) is 12.1 Å². The second-order valence-electron chi connectivity index (χ2n) is 4.05. The van der Waals surface area contributed by atoms with E-state index >= 15 is 0 Å². The maximum absolute atomic E-state index is 13.3. The van der Waals surface area contributed by atoms with Crippen molar-refractivity contribution in [3.05, 3.63) is 62.8 Å². The van der Waals surface area contributed by atoms with Crippen LogP contribution < -0.4 is 5.32 Å². The van der Waals surface area contributed by atoms with Crippen molar-refractivity contribution in [2.75, 3.05) is 5.32 Å². The van der Waals surface area contributed by atoms with Crippen molar-refractivity contribution >= 4 is 39.1 Å². The maximum atomic E-state index is 13.3. The molecule has 0 aromatic heterocycles. The molecule has 2 rings (SSSR count). The van der Waals surface area contributed by atoms with Gasteiger partial charge in [-0.3, -0.25) is 4.79 Å². The number of carbonyl (C=O) groups excluding carboxylic acids is 1. The molecule has 0 radical (unpaired) electrons. The van der Waals surface area contributed by atoms with Gasteiger partial charge < -0.3 is 5.32 Å². The molecule has 0 aliphatic carbocycles. The second-order valence-corrected chi connectivity index (χ2v) is 5.34. The summed E-state index contributed by atoms with van der Waals surface area (Å²) in [7, 11) is 0. The van der Waals surface area contributed by atoms with Crippen molar-refractivity contribution in [1.82, 2.24) is 0 Å². The van der Waals surface area contributed by atoms with Gasteiger partial charge in [-0.05, 0) is 58.7 Å². The number of amides is 1. The third-order valence-electron chi connectivity index (χ3n) is 2.60. The molecule has 0 atom stereocenters. The Morgan fingerprint density at radius 2 is 2.05 bits per heavy atom. The van der Waals surface area contributed by atoms with Crippen molar-refractivity contribution in [3.8, 4) is 0 Å². The molecule has 0 bridgehead atoms. The number of rotatable bonds is 2. The van der Waals surface area contributed by atoms with Gasteiger partial charge in [0.15, 0.2) is 0 Å². The van der Waals surface area contributed by atoms with Crippen LogP contribution in [0, 0.1) is 12.7 Å². The Morgan fingerprint density at radius 1 is 1.32 bits per heavy atom. The monoisotopic (exact) mass is 341 g/mol. The molecule has 0 fully saturated rings. The largest absolute Gasteiger partial charge is 0.322 e. The van der Waals surface area contributed by atoms with Crippen molar-refractivity contribution in [3.63, 3.8) is 0 Å². The average molecular weight is 343 g/mol. The lowest BCUT2D eigenvalue weighted by molar-refractivity contribution is 0.102. The fraction of sp³-hybridized carbons (Fsp3) is 0.0714. The number of benzene rings is 2. The Balaban J connectivity index is 2.27. The zero-order valence-corrected chi connectivity index (χ0v) is 12.3. The van der Waals surface area contributed by atoms with Gasteiger partial charge in [0.05, 0.1) is 4.47 Å². The fourth-order valence-electron chi connectivity index (χ4n) is 1.61. The normalized spacial score (nSPS) is 10.3. The van der Waals surface area contributed by atoms with Gasteiger partial charge in [0, 0.05) is 16.3 Å². The highest BCUT2D eigenvalue weighted by Crippen LogP contribution is 2.24. The molecule has 0 spiro atoms. The van der Waals surface area contributed by atoms with Crippen LogP contribution in [0.5, 0.6) is 0 Å². The molecule has 2 aromatic carbocycles. The standard InChI is InChI=1S/C14H10BrClFNO/c1-8-5-12(17)11(15)7-13(8)18-14(19)9-3-2-4-10(16)6-9/h2-7H,1H3,(H,18,19). The Kier molecular flexibility index (Phi) is 4.22. The minimum atomic E-state index is -0.363. The summed E-state index contributed by atoms with van der Waals surface area (Å²) in [5.74, 6) is -0.651. The summed E-state index contributed by atoms with van der Waals surface area (Å²) in [5.41, 5.74) is 1.65. The molecule has 19 heavy (non-hydrogen) atoms. The number of nitrogens with one attached hydrogen (secondary N) is 1. The second kappa shape index (κ2) is 5.72. The molecule has 0 aliphatic heterocycles. The zero-order valence-electron chi connectivity index (χ0n) is 10.0. The van der Waals surface area contributed by atoms with E-state index in [0.29, 0.717) is 26.3 Å². The summed E-state index contributed by atoms with van der Waals surface area (Å²) < 4.78 is 13.6. The van der Waals surface area contributed by atoms with Gasteiger partial charge in [-0.25, -0.2) is 4.39 Å². The van der Waals surface area contributed by atoms with Gasteiger partial charge in [0.25, 0.3) is 5.91 Å². The van der Waals surface area contributed by atoms with Crippen molar-refractivity contribution in [2.45, 2.75) is 6.92 Å². The third kappa shape index (κ3) is 3.33. The van der Waals surface area contributed by atoms with Crippen LogP contribution in [0.4, 0.5) is 10.1 Å². The van der Waals surface area contributed by atoms with E-state index in [0.717, 1.165) is 0 Å². The van der Waals surface area contributed by atoms with Gasteiger partial charge in [0.1, 0.15) is 5.82 Å². The predicted octanol–water partition coefficient (Wildman–Crippen LogP) is 4.80. The summed E-state index contributed by atoms with van der Waals surface area (Å²) in [6, 6.07) is 9.52. The van der Waals surface area contributed by atoms with E-state index < -0.39 is 0 Å². The van der Waals surface area contributed by atoms with Crippen molar-refractivity contribution < 1.29 is 9.18 Å². The van der Waals surface area contributed by atoms with Gasteiger partial charge >= 0.3 is 0 Å². The van der Waals surface area contributed by atoms with Crippen LogP contribution in [-0.4, -0.2) is 5.91 Å². The fourth-order valence-corrected chi connectivity index (χ4v) is 2.14. The number of hydrogen-bond acceptors (Lipinski definition) is 1. The van der Waals surface area contributed by atoms with Crippen LogP contribution in [-0.2, 0) is 0 Å². The topological polar surface area (TPSA) is 29.1 Å². The molecular formula is C14H10BrClFNO. The molecule has 1 N–H and O–H groups in total. The van der Waals surface area contributed by atoms with Crippen molar-refractivity contribution in [2.24, 2.45) is 0 Å². The van der Waals surface area contributed by atoms with E-state index in [2.05, 4.69) is 21.2 Å². The first-order valence-corrected chi connectivity index (χ1v) is 6.67. The number of aryl methyl sites for hydroxylation is 1. The number of carbonyl (C=O) groups is 1. The molecule has 0 saturated carbocycles. The highest BCUT2D eigenvalue weighted by atomic mass is 79.9. The molecular weight excluding hydrogens is 333 g/mol. The average Bonchev–Trinajstić information content (AvgIpc) is 2.36. The molecule has 0 unspecified atom stereocenters. The van der Waals surface area contributed by atoms with Crippen LogP contribution in [0.2, 0.25) is 5.02 Å². The summed E-state index contributed by atoms with van der Waals surface area (Å²) in [6.07, 6.45) is 0. The van der Waals surface area contributed by atoms with Gasteiger partial charge in [-0.15, -0.1) is 0 Å². The quantitative estimate of drug-likeness (QED) is 0.834. The Labute approximate surface area is 123 Å². The third-order valence-corrected chi connectivity index (χ3v) is 3.45. The number of halogens is 3. The first kappa shape index (κ1) is 14.0. The first-order chi connectivity index (χ1) is 8.97. The van der Waals surface area contributed by atoms with Crippen LogP contribution >= 0.6 is 27.5 Å². The SMILES string of the molecule is Cc1cc(F)c(Br)cc1NC(=O)c1cccc(Cl)c1. The molecule has 1 amide bonds. The highest BCUT2D eigenvalue weighted by molar-refractivity contribution is 9.10. The van der Waals surface area contributed by atoms with E-state index in [9.17, 15) is 9.18 Å².